The van der Waals surface area contributed by atoms with E-state index in [-0.39, 0.29) is 10.6 Å². The van der Waals surface area contributed by atoms with Gasteiger partial charge in [0, 0.05) is 29.1 Å². The molecule has 0 aliphatic heterocycles. The number of ether oxygens (including phenoxy) is 1. The third kappa shape index (κ3) is 4.52. The zero-order chi connectivity index (χ0) is 15.2. The summed E-state index contributed by atoms with van der Waals surface area (Å²) in [5.74, 6) is 0.548. The molecule has 2 rings (SSSR count). The Morgan fingerprint density at radius 3 is 2.90 bits per heavy atom. The maximum absolute atomic E-state index is 11.0. The first-order chi connectivity index (χ1) is 10.1. The summed E-state index contributed by atoms with van der Waals surface area (Å²) in [7, 11) is 0. The summed E-state index contributed by atoms with van der Waals surface area (Å²) in [5, 5.41) is 15.1. The number of non-ortho nitro benzene ring substituents is 1. The fourth-order valence-corrected chi connectivity index (χ4v) is 3.58. The average Bonchev–Trinajstić information content (AvgIpc) is 2.47. The molecular weight excluding hydrogens is 288 g/mol. The van der Waals surface area contributed by atoms with Crippen LogP contribution in [0.25, 0.3) is 0 Å². The first-order valence-corrected chi connectivity index (χ1v) is 8.62. The molecule has 1 aromatic carbocycles. The summed E-state index contributed by atoms with van der Waals surface area (Å²) in [6.07, 6.45) is 6.83. The first-order valence-electron chi connectivity index (χ1n) is 7.34. The summed E-state index contributed by atoms with van der Waals surface area (Å²) >= 11 is 1.91. The highest BCUT2D eigenvalue weighted by Crippen LogP contribution is 2.31. The Bertz CT molecular complexity index is 496. The molecule has 1 aliphatic rings. The molecular formula is C15H22N2O3S. The summed E-state index contributed by atoms with van der Waals surface area (Å²) < 4.78 is 5.42. The Labute approximate surface area is 129 Å². The number of nitrogens with zero attached hydrogens (tertiary/aromatic N) is 1. The van der Waals surface area contributed by atoms with Crippen LogP contribution in [0, 0.1) is 10.1 Å². The molecule has 21 heavy (non-hydrogen) atoms. The molecule has 5 nitrogen and oxygen atoms in total. The lowest BCUT2D eigenvalue weighted by atomic mass is 9.94. The number of nitro groups is 1. The number of hydrogen-bond acceptors (Lipinski definition) is 5. The summed E-state index contributed by atoms with van der Waals surface area (Å²) in [4.78, 5) is 10.6. The van der Waals surface area contributed by atoms with Gasteiger partial charge in [-0.15, -0.1) is 0 Å². The van der Waals surface area contributed by atoms with Crippen LogP contribution >= 0.6 is 11.8 Å². The van der Waals surface area contributed by atoms with Crippen molar-refractivity contribution in [3.05, 3.63) is 28.3 Å². The van der Waals surface area contributed by atoms with Crippen molar-refractivity contribution in [2.45, 2.75) is 43.9 Å². The number of nitrogens with one attached hydrogen (secondary N) is 1. The molecule has 0 saturated heterocycles. The zero-order valence-corrected chi connectivity index (χ0v) is 13.3. The van der Waals surface area contributed by atoms with Crippen molar-refractivity contribution in [1.82, 2.24) is 0 Å². The second-order valence-corrected chi connectivity index (χ2v) is 6.41. The Morgan fingerprint density at radius 2 is 2.24 bits per heavy atom. The normalized spacial score (nSPS) is 21.8. The van der Waals surface area contributed by atoms with E-state index in [2.05, 4.69) is 11.6 Å². The monoisotopic (exact) mass is 310 g/mol. The second kappa shape index (κ2) is 7.54. The van der Waals surface area contributed by atoms with E-state index in [0.29, 0.717) is 23.6 Å². The van der Waals surface area contributed by atoms with Crippen LogP contribution in [0.1, 0.15) is 32.6 Å². The highest BCUT2D eigenvalue weighted by Gasteiger charge is 2.22. The molecule has 0 amide bonds. The van der Waals surface area contributed by atoms with E-state index in [0.717, 1.165) is 18.5 Å². The van der Waals surface area contributed by atoms with Crippen LogP contribution in [-0.4, -0.2) is 29.1 Å². The minimum Gasteiger partial charge on any atom is -0.494 e. The quantitative estimate of drug-likeness (QED) is 0.633. The van der Waals surface area contributed by atoms with Gasteiger partial charge in [0.2, 0.25) is 0 Å². The average molecular weight is 310 g/mol. The maximum atomic E-state index is 11.0. The molecule has 1 aliphatic carbocycles. The van der Waals surface area contributed by atoms with Crippen molar-refractivity contribution < 1.29 is 9.66 Å². The standard InChI is InChI=1S/C15H22N2O3S/c1-3-20-14-8-12(7-13(10-14)17(18)19)16-11-5-4-6-15(9-11)21-2/h7-8,10-11,15-16H,3-6,9H2,1-2H3. The maximum Gasteiger partial charge on any atom is 0.275 e. The largest absolute Gasteiger partial charge is 0.494 e. The molecule has 116 valence electrons. The van der Waals surface area contributed by atoms with E-state index in [9.17, 15) is 10.1 Å². The Morgan fingerprint density at radius 1 is 1.43 bits per heavy atom. The highest BCUT2D eigenvalue weighted by atomic mass is 32.2. The van der Waals surface area contributed by atoms with Crippen LogP contribution < -0.4 is 10.1 Å². The third-order valence-corrected chi connectivity index (χ3v) is 4.84. The van der Waals surface area contributed by atoms with Crippen molar-refractivity contribution in [2.75, 3.05) is 18.2 Å². The summed E-state index contributed by atoms with van der Waals surface area (Å²) in [5.41, 5.74) is 0.847. The van der Waals surface area contributed by atoms with Crippen LogP contribution in [0.15, 0.2) is 18.2 Å². The third-order valence-electron chi connectivity index (χ3n) is 3.74. The van der Waals surface area contributed by atoms with Gasteiger partial charge in [0.15, 0.2) is 0 Å². The topological polar surface area (TPSA) is 64.4 Å². The molecule has 1 fully saturated rings. The zero-order valence-electron chi connectivity index (χ0n) is 12.5. The van der Waals surface area contributed by atoms with E-state index in [1.54, 1.807) is 6.07 Å². The van der Waals surface area contributed by atoms with Crippen molar-refractivity contribution >= 4 is 23.1 Å². The van der Waals surface area contributed by atoms with Gasteiger partial charge in [0.05, 0.1) is 17.6 Å². The lowest BCUT2D eigenvalue weighted by molar-refractivity contribution is -0.384. The molecule has 2 atom stereocenters. The van der Waals surface area contributed by atoms with Gasteiger partial charge in [0.25, 0.3) is 5.69 Å². The molecule has 0 bridgehead atoms. The van der Waals surface area contributed by atoms with E-state index in [1.165, 1.54) is 18.9 Å². The molecule has 0 radical (unpaired) electrons. The van der Waals surface area contributed by atoms with E-state index in [1.807, 2.05) is 24.8 Å². The van der Waals surface area contributed by atoms with Crippen molar-refractivity contribution in [1.29, 1.82) is 0 Å². The Kier molecular flexibility index (Phi) is 5.73. The predicted octanol–water partition coefficient (Wildman–Crippen LogP) is 4.08. The lowest BCUT2D eigenvalue weighted by Gasteiger charge is -2.29. The summed E-state index contributed by atoms with van der Waals surface area (Å²) in [6, 6.07) is 5.29. The number of hydrogen-bond donors (Lipinski definition) is 1. The van der Waals surface area contributed by atoms with Gasteiger partial charge in [-0.1, -0.05) is 6.42 Å². The number of benzene rings is 1. The Hall–Kier alpha value is -1.43. The second-order valence-electron chi connectivity index (χ2n) is 5.27. The fourth-order valence-electron chi connectivity index (χ4n) is 2.75. The van der Waals surface area contributed by atoms with Crippen molar-refractivity contribution in [2.24, 2.45) is 0 Å². The highest BCUT2D eigenvalue weighted by molar-refractivity contribution is 7.99. The van der Waals surface area contributed by atoms with Crippen LogP contribution in [0.2, 0.25) is 0 Å². The predicted molar refractivity (Wildman–Crippen MR) is 87.4 cm³/mol. The number of rotatable bonds is 6. The van der Waals surface area contributed by atoms with Gasteiger partial charge in [0.1, 0.15) is 5.75 Å². The molecule has 1 aromatic rings. The molecule has 6 heteroatoms. The van der Waals surface area contributed by atoms with Gasteiger partial charge in [-0.05, 0) is 32.4 Å². The smallest absolute Gasteiger partial charge is 0.275 e. The van der Waals surface area contributed by atoms with Crippen LogP contribution in [0.3, 0.4) is 0 Å². The van der Waals surface area contributed by atoms with Gasteiger partial charge in [-0.2, -0.15) is 11.8 Å². The number of nitro benzene ring substituents is 1. The van der Waals surface area contributed by atoms with Crippen LogP contribution in [0.5, 0.6) is 5.75 Å². The SMILES string of the molecule is CCOc1cc(NC2CCCC(SC)C2)cc([N+](=O)[O-])c1. The molecule has 2 unspecified atom stereocenters. The molecule has 0 aromatic heterocycles. The molecule has 0 heterocycles. The van der Waals surface area contributed by atoms with E-state index in [4.69, 9.17) is 4.74 Å². The van der Waals surface area contributed by atoms with Crippen molar-refractivity contribution in [3.63, 3.8) is 0 Å². The number of anilines is 1. The van der Waals surface area contributed by atoms with Gasteiger partial charge in [-0.3, -0.25) is 10.1 Å². The van der Waals surface area contributed by atoms with Crippen molar-refractivity contribution in [3.8, 4) is 5.75 Å². The van der Waals surface area contributed by atoms with Crippen LogP contribution in [0.4, 0.5) is 11.4 Å². The van der Waals surface area contributed by atoms with Gasteiger partial charge in [-0.25, -0.2) is 0 Å². The minimum absolute atomic E-state index is 0.0701. The molecule has 0 spiro atoms. The number of thioether (sulfide) groups is 1. The molecule has 1 saturated carbocycles. The minimum atomic E-state index is -0.376. The van der Waals surface area contributed by atoms with Crippen LogP contribution in [-0.2, 0) is 0 Å². The fraction of sp³-hybridized carbons (Fsp3) is 0.600. The first kappa shape index (κ1) is 15.9. The summed E-state index contributed by atoms with van der Waals surface area (Å²) in [6.45, 7) is 2.37. The lowest BCUT2D eigenvalue weighted by Crippen LogP contribution is -2.28. The van der Waals surface area contributed by atoms with Gasteiger partial charge < -0.3 is 10.1 Å². The Balaban J connectivity index is 2.12. The van der Waals surface area contributed by atoms with E-state index < -0.39 is 0 Å². The molecule has 1 N–H and O–H groups in total. The van der Waals surface area contributed by atoms with Gasteiger partial charge >= 0.3 is 0 Å². The van der Waals surface area contributed by atoms with E-state index >= 15 is 0 Å².